The van der Waals surface area contributed by atoms with E-state index in [0.29, 0.717) is 19.6 Å². The molecule has 0 saturated carbocycles. The third kappa shape index (κ3) is 4.73. The first-order valence-corrected chi connectivity index (χ1v) is 9.55. The van der Waals surface area contributed by atoms with Crippen molar-refractivity contribution in [3.8, 4) is 0 Å². The Morgan fingerprint density at radius 2 is 1.78 bits per heavy atom. The zero-order valence-corrected chi connectivity index (χ0v) is 16.1. The second kappa shape index (κ2) is 8.80. The standard InChI is InChI=1S/C22H27N3O2/c1-17-5-3-4-6-20(17)22(27)25-15-10-19(11-16-25)21(26)24(2)14-9-18-7-12-23-13-8-18/h3-8,12-13,19H,9-11,14-16H2,1-2H3. The van der Waals surface area contributed by atoms with E-state index in [0.717, 1.165) is 30.4 Å². The van der Waals surface area contributed by atoms with Gasteiger partial charge in [-0.3, -0.25) is 14.6 Å². The molecule has 1 aliphatic heterocycles. The highest BCUT2D eigenvalue weighted by atomic mass is 16.2. The van der Waals surface area contributed by atoms with Gasteiger partial charge < -0.3 is 9.80 Å². The van der Waals surface area contributed by atoms with Gasteiger partial charge in [-0.05, 0) is 55.5 Å². The van der Waals surface area contributed by atoms with E-state index in [2.05, 4.69) is 4.98 Å². The molecule has 0 aliphatic carbocycles. The summed E-state index contributed by atoms with van der Waals surface area (Å²) in [5.74, 6) is 0.269. The predicted octanol–water partition coefficient (Wildman–Crippen LogP) is 2.94. The van der Waals surface area contributed by atoms with Crippen LogP contribution < -0.4 is 0 Å². The third-order valence-electron chi connectivity index (χ3n) is 5.37. The molecule has 2 amide bonds. The smallest absolute Gasteiger partial charge is 0.254 e. The van der Waals surface area contributed by atoms with Gasteiger partial charge in [-0.2, -0.15) is 0 Å². The summed E-state index contributed by atoms with van der Waals surface area (Å²) in [7, 11) is 1.87. The predicted molar refractivity (Wildman–Crippen MR) is 105 cm³/mol. The Bertz CT molecular complexity index is 783. The normalized spacial score (nSPS) is 14.8. The molecule has 5 nitrogen and oxygen atoms in total. The Morgan fingerprint density at radius 3 is 2.44 bits per heavy atom. The summed E-state index contributed by atoms with van der Waals surface area (Å²) < 4.78 is 0. The van der Waals surface area contributed by atoms with Crippen LogP contribution in [0.15, 0.2) is 48.8 Å². The van der Waals surface area contributed by atoms with E-state index in [-0.39, 0.29) is 17.7 Å². The van der Waals surface area contributed by atoms with Crippen LogP contribution in [0.3, 0.4) is 0 Å². The van der Waals surface area contributed by atoms with E-state index in [1.54, 1.807) is 12.4 Å². The minimum atomic E-state index is 0.00774. The van der Waals surface area contributed by atoms with Gasteiger partial charge in [-0.15, -0.1) is 0 Å². The molecule has 5 heteroatoms. The molecular weight excluding hydrogens is 338 g/mol. The van der Waals surface area contributed by atoms with Crippen LogP contribution in [-0.2, 0) is 11.2 Å². The van der Waals surface area contributed by atoms with Gasteiger partial charge in [0.15, 0.2) is 0 Å². The van der Waals surface area contributed by atoms with Crippen molar-refractivity contribution in [1.29, 1.82) is 0 Å². The average Bonchev–Trinajstić information content (AvgIpc) is 2.72. The van der Waals surface area contributed by atoms with Crippen molar-refractivity contribution < 1.29 is 9.59 Å². The lowest BCUT2D eigenvalue weighted by atomic mass is 9.94. The highest BCUT2D eigenvalue weighted by molar-refractivity contribution is 5.95. The number of hydrogen-bond donors (Lipinski definition) is 0. The average molecular weight is 365 g/mol. The van der Waals surface area contributed by atoms with Crippen LogP contribution in [0.1, 0.15) is 34.3 Å². The van der Waals surface area contributed by atoms with Crippen molar-refractivity contribution in [1.82, 2.24) is 14.8 Å². The molecule has 0 radical (unpaired) electrons. The Kier molecular flexibility index (Phi) is 6.22. The number of likely N-dealkylation sites (tertiary alicyclic amines) is 1. The van der Waals surface area contributed by atoms with Gasteiger partial charge in [0.05, 0.1) is 0 Å². The number of carbonyl (C=O) groups is 2. The summed E-state index contributed by atoms with van der Waals surface area (Å²) in [6.07, 6.45) is 5.85. The summed E-state index contributed by atoms with van der Waals surface area (Å²) in [6.45, 7) is 3.94. The molecule has 1 aliphatic rings. The van der Waals surface area contributed by atoms with Gasteiger partial charge in [-0.25, -0.2) is 0 Å². The fraction of sp³-hybridized carbons (Fsp3) is 0.409. The first kappa shape index (κ1) is 19.1. The van der Waals surface area contributed by atoms with Gasteiger partial charge in [0, 0.05) is 50.6 Å². The summed E-state index contributed by atoms with van der Waals surface area (Å²) in [5, 5.41) is 0. The number of carbonyl (C=O) groups excluding carboxylic acids is 2. The highest BCUT2D eigenvalue weighted by Crippen LogP contribution is 2.22. The number of nitrogens with zero attached hydrogens (tertiary/aromatic N) is 3. The number of likely N-dealkylation sites (N-methyl/N-ethyl adjacent to an activating group) is 1. The van der Waals surface area contributed by atoms with E-state index in [4.69, 9.17) is 0 Å². The molecule has 0 unspecified atom stereocenters. The van der Waals surface area contributed by atoms with Crippen molar-refractivity contribution in [2.24, 2.45) is 5.92 Å². The first-order valence-electron chi connectivity index (χ1n) is 9.55. The van der Waals surface area contributed by atoms with Gasteiger partial charge >= 0.3 is 0 Å². The van der Waals surface area contributed by atoms with Crippen LogP contribution in [0.5, 0.6) is 0 Å². The number of hydrogen-bond acceptors (Lipinski definition) is 3. The van der Waals surface area contributed by atoms with Crippen molar-refractivity contribution in [3.63, 3.8) is 0 Å². The number of rotatable bonds is 5. The largest absolute Gasteiger partial charge is 0.345 e. The molecule has 1 aromatic carbocycles. The van der Waals surface area contributed by atoms with Crippen LogP contribution in [0.2, 0.25) is 0 Å². The molecule has 0 atom stereocenters. The highest BCUT2D eigenvalue weighted by Gasteiger charge is 2.29. The number of amides is 2. The maximum absolute atomic E-state index is 12.7. The second-order valence-corrected chi connectivity index (χ2v) is 7.25. The molecule has 0 bridgehead atoms. The lowest BCUT2D eigenvalue weighted by Crippen LogP contribution is -2.44. The Labute approximate surface area is 161 Å². The molecule has 2 heterocycles. The van der Waals surface area contributed by atoms with Crippen LogP contribution in [0.4, 0.5) is 0 Å². The van der Waals surface area contributed by atoms with E-state index in [1.165, 1.54) is 5.56 Å². The van der Waals surface area contributed by atoms with Crippen molar-refractivity contribution in [3.05, 3.63) is 65.5 Å². The molecule has 1 aromatic heterocycles. The molecule has 1 fully saturated rings. The number of aryl methyl sites for hydroxylation is 1. The van der Waals surface area contributed by atoms with Crippen LogP contribution in [0.25, 0.3) is 0 Å². The number of pyridine rings is 1. The summed E-state index contributed by atoms with van der Waals surface area (Å²) in [6, 6.07) is 11.6. The lowest BCUT2D eigenvalue weighted by Gasteiger charge is -2.33. The van der Waals surface area contributed by atoms with Crippen LogP contribution in [-0.4, -0.2) is 53.3 Å². The number of benzene rings is 1. The summed E-state index contributed by atoms with van der Waals surface area (Å²) in [4.78, 5) is 33.2. The molecule has 3 rings (SSSR count). The van der Waals surface area contributed by atoms with E-state index in [1.807, 2.05) is 60.2 Å². The van der Waals surface area contributed by atoms with Crippen molar-refractivity contribution in [2.45, 2.75) is 26.2 Å². The third-order valence-corrected chi connectivity index (χ3v) is 5.37. The van der Waals surface area contributed by atoms with E-state index in [9.17, 15) is 9.59 Å². The molecule has 0 spiro atoms. The number of aromatic nitrogens is 1. The SMILES string of the molecule is Cc1ccccc1C(=O)N1CCC(C(=O)N(C)CCc2ccncc2)CC1. The van der Waals surface area contributed by atoms with E-state index < -0.39 is 0 Å². The molecule has 0 N–H and O–H groups in total. The van der Waals surface area contributed by atoms with Gasteiger partial charge in [0.1, 0.15) is 0 Å². The topological polar surface area (TPSA) is 53.5 Å². The Balaban J connectivity index is 1.50. The minimum Gasteiger partial charge on any atom is -0.345 e. The van der Waals surface area contributed by atoms with Crippen molar-refractivity contribution >= 4 is 11.8 Å². The van der Waals surface area contributed by atoms with Gasteiger partial charge in [0.25, 0.3) is 5.91 Å². The molecular formula is C22H27N3O2. The maximum atomic E-state index is 12.7. The van der Waals surface area contributed by atoms with Gasteiger partial charge in [-0.1, -0.05) is 18.2 Å². The molecule has 1 saturated heterocycles. The van der Waals surface area contributed by atoms with Crippen LogP contribution >= 0.6 is 0 Å². The molecule has 2 aromatic rings. The zero-order valence-electron chi connectivity index (χ0n) is 16.1. The Morgan fingerprint density at radius 1 is 1.11 bits per heavy atom. The summed E-state index contributed by atoms with van der Waals surface area (Å²) >= 11 is 0. The number of piperidine rings is 1. The van der Waals surface area contributed by atoms with Crippen LogP contribution in [0, 0.1) is 12.8 Å². The minimum absolute atomic E-state index is 0.00774. The Hall–Kier alpha value is -2.69. The molecule has 142 valence electrons. The quantitative estimate of drug-likeness (QED) is 0.819. The van der Waals surface area contributed by atoms with E-state index >= 15 is 0 Å². The monoisotopic (exact) mass is 365 g/mol. The van der Waals surface area contributed by atoms with Gasteiger partial charge in [0.2, 0.25) is 5.91 Å². The molecule has 27 heavy (non-hydrogen) atoms. The van der Waals surface area contributed by atoms with Crippen molar-refractivity contribution in [2.75, 3.05) is 26.7 Å². The second-order valence-electron chi connectivity index (χ2n) is 7.25. The zero-order chi connectivity index (χ0) is 19.2. The first-order chi connectivity index (χ1) is 13.1. The fourth-order valence-corrected chi connectivity index (χ4v) is 3.58. The summed E-state index contributed by atoms with van der Waals surface area (Å²) in [5.41, 5.74) is 2.94. The fourth-order valence-electron chi connectivity index (χ4n) is 3.58. The maximum Gasteiger partial charge on any atom is 0.254 e. The lowest BCUT2D eigenvalue weighted by molar-refractivity contribution is -0.135.